The second-order valence-corrected chi connectivity index (χ2v) is 3.16. The lowest BCUT2D eigenvalue weighted by Gasteiger charge is -2.11. The van der Waals surface area contributed by atoms with Gasteiger partial charge in [-0.15, -0.1) is 0 Å². The molecule has 0 aromatic rings. The third-order valence-electron chi connectivity index (χ3n) is 1.69. The van der Waals surface area contributed by atoms with Crippen molar-refractivity contribution in [2.75, 3.05) is 6.54 Å². The number of nitrogens with zero attached hydrogens (tertiary/aromatic N) is 1. The zero-order valence-electron chi connectivity index (χ0n) is 8.10. The molecule has 0 rings (SSSR count). The van der Waals surface area contributed by atoms with Gasteiger partial charge in [-0.05, 0) is 12.3 Å². The van der Waals surface area contributed by atoms with Crippen LogP contribution in [0.25, 0.3) is 0 Å². The van der Waals surface area contributed by atoms with Gasteiger partial charge in [-0.2, -0.15) is 0 Å². The van der Waals surface area contributed by atoms with E-state index in [2.05, 4.69) is 10.4 Å². The highest BCUT2D eigenvalue weighted by Crippen LogP contribution is 2.04. The molecule has 0 saturated heterocycles. The number of rotatable bonds is 5. The molecule has 2 unspecified atom stereocenters. The van der Waals surface area contributed by atoms with Crippen molar-refractivity contribution < 1.29 is 9.90 Å². The minimum absolute atomic E-state index is 0.0491. The average molecular weight is 203 g/mol. The molecule has 0 amide bonds. The molecule has 0 aromatic heterocycles. The van der Waals surface area contributed by atoms with E-state index in [9.17, 15) is 4.79 Å². The largest absolute Gasteiger partial charge is 0.480 e. The predicted molar refractivity (Wildman–Crippen MR) is 53.2 cm³/mol. The molecule has 8 N–H and O–H groups in total. The van der Waals surface area contributed by atoms with Crippen LogP contribution < -0.4 is 22.7 Å². The van der Waals surface area contributed by atoms with Crippen LogP contribution in [0.5, 0.6) is 0 Å². The zero-order chi connectivity index (χ0) is 11.1. The summed E-state index contributed by atoms with van der Waals surface area (Å²) in [4.78, 5) is 14.3. The molecule has 2 atom stereocenters. The first-order valence-corrected chi connectivity index (χ1v) is 4.22. The molecule has 0 aromatic carbocycles. The quantitative estimate of drug-likeness (QED) is 0.155. The lowest BCUT2D eigenvalue weighted by molar-refractivity contribution is -0.138. The zero-order valence-corrected chi connectivity index (χ0v) is 8.10. The number of hydrogen-bond donors (Lipinski definition) is 5. The van der Waals surface area contributed by atoms with E-state index in [1.54, 1.807) is 0 Å². The normalized spacial score (nSPS) is 16.1. The van der Waals surface area contributed by atoms with E-state index < -0.39 is 12.0 Å². The molecule has 0 fully saturated rings. The number of hydrogen-bond acceptors (Lipinski definition) is 4. The van der Waals surface area contributed by atoms with Crippen LogP contribution in [0, 0.1) is 5.92 Å². The van der Waals surface area contributed by atoms with Crippen molar-refractivity contribution in [3.05, 3.63) is 0 Å². The molecule has 0 saturated carbocycles. The van der Waals surface area contributed by atoms with Gasteiger partial charge in [0.15, 0.2) is 0 Å². The molecule has 0 aliphatic rings. The fourth-order valence-electron chi connectivity index (χ4n) is 0.909. The Morgan fingerprint density at radius 3 is 2.64 bits per heavy atom. The molecule has 0 radical (unpaired) electrons. The lowest BCUT2D eigenvalue weighted by atomic mass is 10.0. The molecule has 7 heteroatoms. The van der Waals surface area contributed by atoms with Crippen molar-refractivity contribution in [2.24, 2.45) is 28.2 Å². The number of nitrogens with one attached hydrogen (secondary N) is 1. The van der Waals surface area contributed by atoms with Gasteiger partial charge in [0.2, 0.25) is 5.96 Å². The number of aliphatic imine (C=N–C) groups is 1. The van der Waals surface area contributed by atoms with E-state index in [-0.39, 0.29) is 11.9 Å². The number of guanidine groups is 1. The van der Waals surface area contributed by atoms with E-state index in [1.165, 1.54) is 0 Å². The minimum Gasteiger partial charge on any atom is -0.480 e. The summed E-state index contributed by atoms with van der Waals surface area (Å²) in [5.41, 5.74) is 12.8. The van der Waals surface area contributed by atoms with Crippen LogP contribution >= 0.6 is 0 Å². The van der Waals surface area contributed by atoms with E-state index in [4.69, 9.17) is 22.4 Å². The predicted octanol–water partition coefficient (Wildman–Crippen LogP) is -1.80. The number of nitrogens with two attached hydrogens (primary N) is 3. The molecule has 0 aliphatic carbocycles. The first-order valence-electron chi connectivity index (χ1n) is 4.22. The van der Waals surface area contributed by atoms with Crippen molar-refractivity contribution in [1.82, 2.24) is 5.43 Å². The maximum atomic E-state index is 10.4. The van der Waals surface area contributed by atoms with Crippen molar-refractivity contribution >= 4 is 11.9 Å². The fraction of sp³-hybridized carbons (Fsp3) is 0.714. The van der Waals surface area contributed by atoms with Gasteiger partial charge in [0.1, 0.15) is 6.04 Å². The highest BCUT2D eigenvalue weighted by molar-refractivity contribution is 5.77. The van der Waals surface area contributed by atoms with Gasteiger partial charge in [-0.1, -0.05) is 6.92 Å². The maximum Gasteiger partial charge on any atom is 0.320 e. The number of carbonyl (C=O) groups is 1. The first-order chi connectivity index (χ1) is 6.47. The Kier molecular flexibility index (Phi) is 5.58. The fourth-order valence-corrected chi connectivity index (χ4v) is 0.909. The third-order valence-corrected chi connectivity index (χ3v) is 1.69. The first kappa shape index (κ1) is 12.7. The van der Waals surface area contributed by atoms with E-state index in [1.807, 2.05) is 6.92 Å². The monoisotopic (exact) mass is 203 g/mol. The Bertz CT molecular complexity index is 218. The minimum atomic E-state index is -1.01. The highest BCUT2D eigenvalue weighted by Gasteiger charge is 2.15. The summed E-state index contributed by atoms with van der Waals surface area (Å²) >= 11 is 0. The molecule has 0 aliphatic heterocycles. The van der Waals surface area contributed by atoms with Crippen LogP contribution in [0.15, 0.2) is 4.99 Å². The molecule has 82 valence electrons. The van der Waals surface area contributed by atoms with Crippen molar-refractivity contribution in [2.45, 2.75) is 19.4 Å². The Morgan fingerprint density at radius 1 is 1.64 bits per heavy atom. The molecule has 14 heavy (non-hydrogen) atoms. The number of carboxylic acids is 1. The van der Waals surface area contributed by atoms with E-state index in [0.29, 0.717) is 13.0 Å². The molecular formula is C7H17N5O2. The van der Waals surface area contributed by atoms with Gasteiger partial charge in [0.05, 0.1) is 0 Å². The van der Waals surface area contributed by atoms with Gasteiger partial charge in [-0.25, -0.2) is 5.84 Å². The van der Waals surface area contributed by atoms with Gasteiger partial charge in [0.25, 0.3) is 0 Å². The molecule has 0 spiro atoms. The number of hydrazine groups is 1. The second kappa shape index (κ2) is 6.17. The molecular weight excluding hydrogens is 186 g/mol. The summed E-state index contributed by atoms with van der Waals surface area (Å²) in [6.07, 6.45) is 0.358. The Labute approximate surface area is 82.3 Å². The average Bonchev–Trinajstić information content (AvgIpc) is 2.13. The standard InChI is InChI=1S/C7H17N5O2/c1-4(2-5(8)6(13)14)3-11-7(9)12-10/h4-5H,2-3,8,10H2,1H3,(H,13,14)(H3,9,11,12). The van der Waals surface area contributed by atoms with Crippen LogP contribution in [0.1, 0.15) is 13.3 Å². The summed E-state index contributed by atoms with van der Waals surface area (Å²) in [7, 11) is 0. The Morgan fingerprint density at radius 2 is 2.21 bits per heavy atom. The lowest BCUT2D eigenvalue weighted by Crippen LogP contribution is -2.37. The summed E-state index contributed by atoms with van der Waals surface area (Å²) in [5, 5.41) is 8.54. The summed E-state index contributed by atoms with van der Waals surface area (Å²) in [6, 6.07) is -0.854. The Hall–Kier alpha value is -1.34. The van der Waals surface area contributed by atoms with Gasteiger partial charge in [0, 0.05) is 6.54 Å². The Balaban J connectivity index is 3.86. The second-order valence-electron chi connectivity index (χ2n) is 3.16. The third kappa shape index (κ3) is 5.33. The van der Waals surface area contributed by atoms with Crippen LogP contribution in [-0.2, 0) is 4.79 Å². The van der Waals surface area contributed by atoms with Crippen molar-refractivity contribution in [3.63, 3.8) is 0 Å². The van der Waals surface area contributed by atoms with Crippen molar-refractivity contribution in [1.29, 1.82) is 0 Å². The molecule has 0 heterocycles. The van der Waals surface area contributed by atoms with E-state index >= 15 is 0 Å². The van der Waals surface area contributed by atoms with E-state index in [0.717, 1.165) is 0 Å². The topological polar surface area (TPSA) is 140 Å². The van der Waals surface area contributed by atoms with Crippen LogP contribution in [-0.4, -0.2) is 29.6 Å². The van der Waals surface area contributed by atoms with Crippen molar-refractivity contribution in [3.8, 4) is 0 Å². The summed E-state index contributed by atoms with van der Waals surface area (Å²) < 4.78 is 0. The smallest absolute Gasteiger partial charge is 0.320 e. The van der Waals surface area contributed by atoms with Crippen LogP contribution in [0.4, 0.5) is 0 Å². The highest BCUT2D eigenvalue weighted by atomic mass is 16.4. The van der Waals surface area contributed by atoms with Gasteiger partial charge >= 0.3 is 5.97 Å². The maximum absolute atomic E-state index is 10.4. The summed E-state index contributed by atoms with van der Waals surface area (Å²) in [5.74, 6) is 4.15. The van der Waals surface area contributed by atoms with Crippen LogP contribution in [0.3, 0.4) is 0 Å². The molecule has 0 bridgehead atoms. The number of carboxylic acid groups (broad SMARTS) is 1. The number of aliphatic carboxylic acids is 1. The van der Waals surface area contributed by atoms with Crippen LogP contribution in [0.2, 0.25) is 0 Å². The van der Waals surface area contributed by atoms with Gasteiger partial charge < -0.3 is 16.6 Å². The SMILES string of the molecule is CC(CN=C(N)NN)CC(N)C(=O)O. The van der Waals surface area contributed by atoms with Gasteiger partial charge in [-0.3, -0.25) is 15.2 Å². The molecule has 7 nitrogen and oxygen atoms in total. The summed E-state index contributed by atoms with van der Waals surface area (Å²) in [6.45, 7) is 2.24.